The number of nitrogens with one attached hydrogen (secondary N) is 1. The second kappa shape index (κ2) is 9.27. The van der Waals surface area contributed by atoms with Crippen LogP contribution in [0.5, 0.6) is 5.75 Å². The summed E-state index contributed by atoms with van der Waals surface area (Å²) in [5.41, 5.74) is 3.54. The van der Waals surface area contributed by atoms with E-state index < -0.39 is 16.1 Å². The molecule has 172 valence electrons. The monoisotopic (exact) mass is 464 g/mol. The van der Waals surface area contributed by atoms with E-state index in [9.17, 15) is 13.2 Å². The number of fused-ring (bicyclic) bond motifs is 1. The van der Waals surface area contributed by atoms with E-state index in [-0.39, 0.29) is 23.4 Å². The van der Waals surface area contributed by atoms with Crippen LogP contribution in [0, 0.1) is 6.92 Å². The fraction of sp³-hybridized carbons (Fsp3) is 0.269. The van der Waals surface area contributed by atoms with Crippen LogP contribution in [-0.2, 0) is 21.2 Å². The summed E-state index contributed by atoms with van der Waals surface area (Å²) in [6.45, 7) is 5.78. The molecule has 1 aliphatic rings. The zero-order valence-corrected chi connectivity index (χ0v) is 19.8. The Labute approximate surface area is 195 Å². The minimum atomic E-state index is -3.87. The van der Waals surface area contributed by atoms with Crippen LogP contribution in [0.15, 0.2) is 77.7 Å². The van der Waals surface area contributed by atoms with Gasteiger partial charge in [0.25, 0.3) is 15.9 Å². The van der Waals surface area contributed by atoms with Crippen molar-refractivity contribution in [2.24, 2.45) is 0 Å². The number of ether oxygens (including phenoxy) is 1. The van der Waals surface area contributed by atoms with Gasteiger partial charge in [-0.1, -0.05) is 55.5 Å². The molecular weight excluding hydrogens is 436 g/mol. The molecule has 0 fully saturated rings. The SMILES string of the molecule is CCc1ccc(C(C)NC(=O)C2CN(S(=O)(=O)c3ccccc3)c3ccc(C)cc3O2)cc1. The van der Waals surface area contributed by atoms with Gasteiger partial charge < -0.3 is 10.1 Å². The van der Waals surface area contributed by atoms with Crippen LogP contribution in [-0.4, -0.2) is 27.0 Å². The molecule has 0 saturated heterocycles. The summed E-state index contributed by atoms with van der Waals surface area (Å²) < 4.78 is 34.2. The first-order valence-electron chi connectivity index (χ1n) is 11.0. The normalized spacial score (nSPS) is 16.5. The molecule has 7 heteroatoms. The van der Waals surface area contributed by atoms with E-state index in [2.05, 4.69) is 12.2 Å². The molecule has 1 aliphatic heterocycles. The van der Waals surface area contributed by atoms with Gasteiger partial charge in [-0.2, -0.15) is 0 Å². The van der Waals surface area contributed by atoms with Gasteiger partial charge >= 0.3 is 0 Å². The molecule has 0 bridgehead atoms. The van der Waals surface area contributed by atoms with Crippen molar-refractivity contribution in [3.05, 3.63) is 89.5 Å². The van der Waals surface area contributed by atoms with Crippen LogP contribution in [0.25, 0.3) is 0 Å². The Kier molecular flexibility index (Phi) is 6.42. The maximum absolute atomic E-state index is 13.4. The van der Waals surface area contributed by atoms with Gasteiger partial charge in [0.1, 0.15) is 5.75 Å². The lowest BCUT2D eigenvalue weighted by Gasteiger charge is -2.35. The van der Waals surface area contributed by atoms with Gasteiger partial charge in [0.2, 0.25) is 0 Å². The zero-order valence-electron chi connectivity index (χ0n) is 19.0. The Hall–Kier alpha value is -3.32. The highest BCUT2D eigenvalue weighted by molar-refractivity contribution is 7.92. The number of anilines is 1. The third-order valence-corrected chi connectivity index (χ3v) is 7.65. The smallest absolute Gasteiger partial charge is 0.264 e. The molecule has 3 aromatic rings. The average molecular weight is 465 g/mol. The molecule has 0 aromatic heterocycles. The van der Waals surface area contributed by atoms with Crippen LogP contribution in [0.2, 0.25) is 0 Å². The van der Waals surface area contributed by atoms with Crippen molar-refractivity contribution in [2.45, 2.75) is 44.2 Å². The number of carbonyl (C=O) groups is 1. The maximum Gasteiger partial charge on any atom is 0.264 e. The van der Waals surface area contributed by atoms with Crippen LogP contribution < -0.4 is 14.4 Å². The number of carbonyl (C=O) groups excluding carboxylic acids is 1. The minimum absolute atomic E-state index is 0.111. The number of hydrogen-bond donors (Lipinski definition) is 1. The van der Waals surface area contributed by atoms with Gasteiger partial charge in [-0.3, -0.25) is 9.10 Å². The fourth-order valence-corrected chi connectivity index (χ4v) is 5.37. The summed E-state index contributed by atoms with van der Waals surface area (Å²) in [6.07, 6.45) is -0.0308. The number of rotatable bonds is 6. The predicted octanol–water partition coefficient (Wildman–Crippen LogP) is 4.39. The second-order valence-electron chi connectivity index (χ2n) is 8.25. The molecule has 4 rings (SSSR count). The zero-order chi connectivity index (χ0) is 23.6. The van der Waals surface area contributed by atoms with E-state index in [1.165, 1.54) is 9.87 Å². The fourth-order valence-electron chi connectivity index (χ4n) is 3.88. The first-order valence-corrected chi connectivity index (χ1v) is 12.5. The van der Waals surface area contributed by atoms with E-state index in [4.69, 9.17) is 4.74 Å². The Morgan fingerprint density at radius 3 is 2.45 bits per heavy atom. The van der Waals surface area contributed by atoms with E-state index in [1.54, 1.807) is 42.5 Å². The summed E-state index contributed by atoms with van der Waals surface area (Å²) in [6, 6.07) is 21.4. The van der Waals surface area contributed by atoms with Crippen LogP contribution in [0.4, 0.5) is 5.69 Å². The van der Waals surface area contributed by atoms with Crippen molar-refractivity contribution in [3.8, 4) is 5.75 Å². The van der Waals surface area contributed by atoms with Crippen LogP contribution >= 0.6 is 0 Å². The Morgan fingerprint density at radius 1 is 1.09 bits per heavy atom. The van der Waals surface area contributed by atoms with Crippen molar-refractivity contribution in [1.29, 1.82) is 0 Å². The second-order valence-corrected chi connectivity index (χ2v) is 10.1. The predicted molar refractivity (Wildman–Crippen MR) is 129 cm³/mol. The Balaban J connectivity index is 1.61. The largest absolute Gasteiger partial charge is 0.476 e. The molecule has 2 unspecified atom stereocenters. The van der Waals surface area contributed by atoms with Crippen molar-refractivity contribution in [3.63, 3.8) is 0 Å². The molecule has 0 spiro atoms. The number of hydrogen-bond acceptors (Lipinski definition) is 4. The van der Waals surface area contributed by atoms with Crippen molar-refractivity contribution < 1.29 is 17.9 Å². The van der Waals surface area contributed by atoms with E-state index in [1.807, 2.05) is 44.2 Å². The molecule has 33 heavy (non-hydrogen) atoms. The average Bonchev–Trinajstić information content (AvgIpc) is 2.83. The molecule has 1 heterocycles. The lowest BCUT2D eigenvalue weighted by atomic mass is 10.0. The Morgan fingerprint density at radius 2 is 1.79 bits per heavy atom. The van der Waals surface area contributed by atoms with Crippen molar-refractivity contribution in [1.82, 2.24) is 5.32 Å². The number of aryl methyl sites for hydroxylation is 2. The molecule has 3 aromatic carbocycles. The number of nitrogens with zero attached hydrogens (tertiary/aromatic N) is 1. The van der Waals surface area contributed by atoms with Gasteiger partial charge in [-0.05, 0) is 61.2 Å². The highest BCUT2D eigenvalue weighted by atomic mass is 32.2. The first-order chi connectivity index (χ1) is 15.8. The molecule has 0 radical (unpaired) electrons. The standard InChI is InChI=1S/C26H28N2O4S/c1-4-20-11-13-21(14-12-20)19(3)27-26(29)25-17-28(23-15-10-18(2)16-24(23)32-25)33(30,31)22-8-6-5-7-9-22/h5-16,19,25H,4,17H2,1-3H3,(H,27,29). The van der Waals surface area contributed by atoms with E-state index >= 15 is 0 Å². The molecule has 6 nitrogen and oxygen atoms in total. The molecule has 1 N–H and O–H groups in total. The quantitative estimate of drug-likeness (QED) is 0.587. The molecular formula is C26H28N2O4S. The maximum atomic E-state index is 13.4. The van der Waals surface area contributed by atoms with Crippen molar-refractivity contribution in [2.75, 3.05) is 10.8 Å². The third-order valence-electron chi connectivity index (χ3n) is 5.86. The number of amides is 1. The summed E-state index contributed by atoms with van der Waals surface area (Å²) in [4.78, 5) is 13.3. The van der Waals surface area contributed by atoms with Gasteiger partial charge in [0.15, 0.2) is 6.10 Å². The van der Waals surface area contributed by atoms with Gasteiger partial charge in [0.05, 0.1) is 23.2 Å². The summed E-state index contributed by atoms with van der Waals surface area (Å²) in [5.74, 6) is 0.0170. The summed E-state index contributed by atoms with van der Waals surface area (Å²) in [7, 11) is -3.87. The first kappa shape index (κ1) is 22.9. The number of sulfonamides is 1. The van der Waals surface area contributed by atoms with Crippen molar-refractivity contribution >= 4 is 21.6 Å². The van der Waals surface area contributed by atoms with Gasteiger partial charge in [-0.25, -0.2) is 8.42 Å². The molecule has 2 atom stereocenters. The lowest BCUT2D eigenvalue weighted by Crippen LogP contribution is -2.51. The van der Waals surface area contributed by atoms with E-state index in [0.29, 0.717) is 11.4 Å². The number of benzene rings is 3. The topological polar surface area (TPSA) is 75.7 Å². The molecule has 0 aliphatic carbocycles. The summed E-state index contributed by atoms with van der Waals surface area (Å²) in [5, 5.41) is 2.98. The Bertz CT molecular complexity index is 1240. The summed E-state index contributed by atoms with van der Waals surface area (Å²) >= 11 is 0. The van der Waals surface area contributed by atoms with Gasteiger partial charge in [-0.15, -0.1) is 0 Å². The molecule has 0 saturated carbocycles. The van der Waals surface area contributed by atoms with Crippen LogP contribution in [0.1, 0.15) is 36.6 Å². The minimum Gasteiger partial charge on any atom is -0.476 e. The third kappa shape index (κ3) is 4.73. The van der Waals surface area contributed by atoms with Gasteiger partial charge in [0, 0.05) is 0 Å². The van der Waals surface area contributed by atoms with E-state index in [0.717, 1.165) is 17.5 Å². The molecule has 1 amide bonds. The highest BCUT2D eigenvalue weighted by Crippen LogP contribution is 2.37. The highest BCUT2D eigenvalue weighted by Gasteiger charge is 2.37. The lowest BCUT2D eigenvalue weighted by molar-refractivity contribution is -0.128. The van der Waals surface area contributed by atoms with Crippen LogP contribution in [0.3, 0.4) is 0 Å².